The molecule has 0 fully saturated rings. The number of nitro benzene ring substituents is 1. The van der Waals surface area contributed by atoms with Crippen molar-refractivity contribution in [3.8, 4) is 5.75 Å². The lowest BCUT2D eigenvalue weighted by Gasteiger charge is -2.13. The van der Waals surface area contributed by atoms with E-state index in [1.54, 1.807) is 37.3 Å². The Morgan fingerprint density at radius 3 is 2.67 bits per heavy atom. The first kappa shape index (κ1) is 20.8. The van der Waals surface area contributed by atoms with Crippen molar-refractivity contribution in [1.82, 2.24) is 10.3 Å². The summed E-state index contributed by atoms with van der Waals surface area (Å²) >= 11 is 0. The Morgan fingerprint density at radius 2 is 1.97 bits per heavy atom. The van der Waals surface area contributed by atoms with Crippen LogP contribution in [0.4, 0.5) is 11.4 Å². The summed E-state index contributed by atoms with van der Waals surface area (Å²) in [6.07, 6.45) is 1.71. The number of carbonyl (C=O) groups excluding carboxylic acids is 1. The molecule has 1 amide bonds. The maximum atomic E-state index is 12.5. The third-order valence-corrected chi connectivity index (χ3v) is 4.38. The normalized spacial score (nSPS) is 10.3. The number of rotatable bonds is 8. The number of carbonyl (C=O) groups is 1. The highest BCUT2D eigenvalue weighted by molar-refractivity contribution is 5.95. The van der Waals surface area contributed by atoms with Gasteiger partial charge in [0.25, 0.3) is 11.6 Å². The number of pyridine rings is 1. The van der Waals surface area contributed by atoms with Crippen LogP contribution in [0.25, 0.3) is 0 Å². The van der Waals surface area contributed by atoms with Crippen molar-refractivity contribution in [3.05, 3.63) is 93.8 Å². The fourth-order valence-electron chi connectivity index (χ4n) is 2.86. The van der Waals surface area contributed by atoms with Crippen LogP contribution in [0, 0.1) is 10.1 Å². The second-order valence-corrected chi connectivity index (χ2v) is 6.79. The molecule has 0 saturated heterocycles. The van der Waals surface area contributed by atoms with Crippen LogP contribution in [0.1, 0.15) is 21.6 Å². The molecule has 0 aliphatic rings. The smallest absolute Gasteiger partial charge is 0.293 e. The molecule has 2 aromatic carbocycles. The molecule has 8 nitrogen and oxygen atoms in total. The Hall–Kier alpha value is -3.94. The van der Waals surface area contributed by atoms with Crippen LogP contribution in [0.2, 0.25) is 0 Å². The van der Waals surface area contributed by atoms with Crippen molar-refractivity contribution < 1.29 is 14.5 Å². The van der Waals surface area contributed by atoms with Crippen molar-refractivity contribution in [2.24, 2.45) is 0 Å². The number of anilines is 1. The first-order valence-corrected chi connectivity index (χ1v) is 9.29. The van der Waals surface area contributed by atoms with E-state index in [9.17, 15) is 14.9 Å². The van der Waals surface area contributed by atoms with Crippen LogP contribution in [0.15, 0.2) is 66.9 Å². The average molecular weight is 406 g/mol. The Bertz CT molecular complexity index is 1040. The quantitative estimate of drug-likeness (QED) is 0.454. The molecule has 0 radical (unpaired) electrons. The van der Waals surface area contributed by atoms with Crippen LogP contribution in [0.3, 0.4) is 0 Å². The summed E-state index contributed by atoms with van der Waals surface area (Å²) in [4.78, 5) is 29.1. The van der Waals surface area contributed by atoms with Gasteiger partial charge in [-0.3, -0.25) is 19.9 Å². The van der Waals surface area contributed by atoms with E-state index in [0.29, 0.717) is 18.0 Å². The van der Waals surface area contributed by atoms with Crippen LogP contribution < -0.4 is 15.0 Å². The molecule has 30 heavy (non-hydrogen) atoms. The van der Waals surface area contributed by atoms with E-state index in [4.69, 9.17) is 4.74 Å². The number of nitrogens with one attached hydrogen (secondary N) is 1. The topological polar surface area (TPSA) is 97.6 Å². The number of nitro groups is 1. The summed E-state index contributed by atoms with van der Waals surface area (Å²) in [5, 5.41) is 14.1. The van der Waals surface area contributed by atoms with Gasteiger partial charge in [0.15, 0.2) is 0 Å². The van der Waals surface area contributed by atoms with Gasteiger partial charge in [-0.1, -0.05) is 18.2 Å². The molecule has 0 bridgehead atoms. The van der Waals surface area contributed by atoms with Crippen LogP contribution >= 0.6 is 0 Å². The van der Waals surface area contributed by atoms with Gasteiger partial charge in [-0.05, 0) is 42.0 Å². The number of nitrogens with zero attached hydrogens (tertiary/aromatic N) is 3. The summed E-state index contributed by atoms with van der Waals surface area (Å²) in [6.45, 7) is 0.612. The molecule has 1 N–H and O–H groups in total. The van der Waals surface area contributed by atoms with Gasteiger partial charge in [-0.2, -0.15) is 0 Å². The second-order valence-electron chi connectivity index (χ2n) is 6.79. The largest absolute Gasteiger partial charge is 0.487 e. The van der Waals surface area contributed by atoms with E-state index in [2.05, 4.69) is 10.3 Å². The van der Waals surface area contributed by atoms with E-state index in [1.807, 2.05) is 42.5 Å². The maximum Gasteiger partial charge on any atom is 0.293 e. The Morgan fingerprint density at radius 1 is 1.13 bits per heavy atom. The molecule has 0 unspecified atom stereocenters. The van der Waals surface area contributed by atoms with E-state index >= 15 is 0 Å². The summed E-state index contributed by atoms with van der Waals surface area (Å²) < 4.78 is 5.75. The minimum Gasteiger partial charge on any atom is -0.487 e. The second kappa shape index (κ2) is 9.51. The first-order valence-electron chi connectivity index (χ1n) is 9.29. The zero-order chi connectivity index (χ0) is 21.5. The monoisotopic (exact) mass is 406 g/mol. The summed E-state index contributed by atoms with van der Waals surface area (Å²) in [6, 6.07) is 17.4. The van der Waals surface area contributed by atoms with Crippen LogP contribution in [0.5, 0.6) is 5.75 Å². The molecule has 1 aromatic heterocycles. The third-order valence-electron chi connectivity index (χ3n) is 4.38. The maximum absolute atomic E-state index is 12.5. The van der Waals surface area contributed by atoms with Crippen molar-refractivity contribution in [1.29, 1.82) is 0 Å². The molecule has 8 heteroatoms. The van der Waals surface area contributed by atoms with E-state index < -0.39 is 4.92 Å². The molecule has 0 saturated carbocycles. The summed E-state index contributed by atoms with van der Waals surface area (Å²) in [7, 11) is 3.43. The number of ether oxygens (including phenoxy) is 1. The predicted octanol–water partition coefficient (Wildman–Crippen LogP) is 3.56. The van der Waals surface area contributed by atoms with Crippen molar-refractivity contribution in [2.75, 3.05) is 19.0 Å². The van der Waals surface area contributed by atoms with Gasteiger partial charge in [0.05, 0.1) is 10.6 Å². The molecule has 0 aliphatic heterocycles. The Balaban J connectivity index is 1.63. The summed E-state index contributed by atoms with van der Waals surface area (Å²) in [5.41, 5.74) is 2.22. The van der Waals surface area contributed by atoms with Gasteiger partial charge in [0.2, 0.25) is 0 Å². The minimum atomic E-state index is -0.492. The molecule has 3 aromatic rings. The van der Waals surface area contributed by atoms with E-state index in [-0.39, 0.29) is 23.7 Å². The highest BCUT2D eigenvalue weighted by Gasteiger charge is 2.18. The number of benzene rings is 2. The van der Waals surface area contributed by atoms with Gasteiger partial charge in [0.1, 0.15) is 18.0 Å². The molecule has 154 valence electrons. The van der Waals surface area contributed by atoms with E-state index in [1.165, 1.54) is 6.07 Å². The van der Waals surface area contributed by atoms with Crippen molar-refractivity contribution >= 4 is 17.3 Å². The predicted molar refractivity (Wildman–Crippen MR) is 114 cm³/mol. The lowest BCUT2D eigenvalue weighted by molar-refractivity contribution is -0.384. The number of hydrogen-bond acceptors (Lipinski definition) is 6. The number of amides is 1. The average Bonchev–Trinajstić information content (AvgIpc) is 2.76. The molecule has 0 spiro atoms. The molecule has 1 heterocycles. The zero-order valence-electron chi connectivity index (χ0n) is 16.7. The van der Waals surface area contributed by atoms with Gasteiger partial charge in [-0.25, -0.2) is 0 Å². The number of aromatic nitrogens is 1. The SMILES string of the molecule is CN(C)c1ccc(C(=O)NCc2cccc(OCc3ccccn3)c2)cc1[N+](=O)[O-]. The van der Waals surface area contributed by atoms with Crippen molar-refractivity contribution in [3.63, 3.8) is 0 Å². The first-order chi connectivity index (χ1) is 14.4. The van der Waals surface area contributed by atoms with E-state index in [0.717, 1.165) is 11.3 Å². The fourth-order valence-corrected chi connectivity index (χ4v) is 2.86. The summed E-state index contributed by atoms with van der Waals surface area (Å²) in [5.74, 6) is 0.279. The molecular formula is C22H22N4O4. The van der Waals surface area contributed by atoms with Crippen molar-refractivity contribution in [2.45, 2.75) is 13.2 Å². The standard InChI is InChI=1S/C22H22N4O4/c1-25(2)20-10-9-17(13-21(20)26(28)29)22(27)24-14-16-6-5-8-19(12-16)30-15-18-7-3-4-11-23-18/h3-13H,14-15H2,1-2H3,(H,24,27). The lowest BCUT2D eigenvalue weighted by Crippen LogP contribution is -2.23. The fraction of sp³-hybridized carbons (Fsp3) is 0.182. The minimum absolute atomic E-state index is 0.113. The van der Waals surface area contributed by atoms with Gasteiger partial charge < -0.3 is 15.0 Å². The molecule has 0 atom stereocenters. The molecule has 3 rings (SSSR count). The molecule has 0 aliphatic carbocycles. The zero-order valence-corrected chi connectivity index (χ0v) is 16.7. The Kier molecular flexibility index (Phi) is 6.59. The highest BCUT2D eigenvalue weighted by Crippen LogP contribution is 2.27. The third kappa shape index (κ3) is 5.32. The Labute approximate surface area is 174 Å². The molecular weight excluding hydrogens is 384 g/mol. The van der Waals surface area contributed by atoms with Gasteiger partial charge in [0, 0.05) is 38.5 Å². The van der Waals surface area contributed by atoms with Crippen LogP contribution in [-0.4, -0.2) is 29.9 Å². The number of hydrogen-bond donors (Lipinski definition) is 1. The van der Waals surface area contributed by atoms with Gasteiger partial charge in [-0.15, -0.1) is 0 Å². The van der Waals surface area contributed by atoms with Gasteiger partial charge >= 0.3 is 0 Å². The van der Waals surface area contributed by atoms with Crippen LogP contribution in [-0.2, 0) is 13.2 Å². The highest BCUT2D eigenvalue weighted by atomic mass is 16.6. The lowest BCUT2D eigenvalue weighted by atomic mass is 10.1.